The molecule has 2 aliphatic rings. The Labute approximate surface area is 548 Å². The zero-order chi connectivity index (χ0) is 69.6. The van der Waals surface area contributed by atoms with Gasteiger partial charge in [0.2, 0.25) is 59.1 Å². The minimum Gasteiger partial charge on any atom is -0.480 e. The van der Waals surface area contributed by atoms with E-state index in [-0.39, 0.29) is 121 Å². The number of nitrogens with zero attached hydrogens (tertiary/aromatic N) is 5. The number of β-amino-alcohol motifs (C(OH)–C–C–N with tert-alkyl or cyclic N) is 1. The quantitative estimate of drug-likeness (QED) is 0.0145. The number of carbonyl (C=O) groups excluding carboxylic acids is 10. The van der Waals surface area contributed by atoms with Crippen LogP contribution in [0, 0.1) is 0 Å². The molecule has 516 valence electrons. The fraction of sp³-hybridized carbons (Fsp3) is 0.484. The van der Waals surface area contributed by atoms with Crippen LogP contribution in [0.25, 0.3) is 0 Å². The second-order valence-corrected chi connectivity index (χ2v) is 22.9. The molecule has 0 unspecified atom stereocenters. The van der Waals surface area contributed by atoms with Crippen LogP contribution in [0.1, 0.15) is 81.4 Å². The number of aliphatic hydroxyl groups excluding tert-OH is 2. The number of amides is 10. The van der Waals surface area contributed by atoms with Crippen molar-refractivity contribution in [3.63, 3.8) is 0 Å². The van der Waals surface area contributed by atoms with Gasteiger partial charge in [0.25, 0.3) is 0 Å². The van der Waals surface area contributed by atoms with Gasteiger partial charge in [-0.05, 0) is 68.1 Å². The minimum absolute atomic E-state index is 0.00409. The molecule has 10 amide bonds. The number of nitrogens with one attached hydrogen (secondary N) is 8. The Bertz CT molecular complexity index is 3190. The van der Waals surface area contributed by atoms with Gasteiger partial charge in [0.15, 0.2) is 17.9 Å². The first-order valence-electron chi connectivity index (χ1n) is 31.1. The molecule has 2 heterocycles. The lowest BCUT2D eigenvalue weighted by atomic mass is 10.0. The van der Waals surface area contributed by atoms with Gasteiger partial charge in [0, 0.05) is 65.3 Å². The summed E-state index contributed by atoms with van der Waals surface area (Å²) in [5.41, 5.74) is 34.4. The number of rotatable bonds is 37. The molecule has 0 radical (unpaired) electrons. The van der Waals surface area contributed by atoms with Crippen molar-refractivity contribution in [2.75, 3.05) is 45.9 Å². The number of guanidine groups is 3. The molecule has 2 saturated heterocycles. The molecule has 23 N–H and O–H groups in total. The van der Waals surface area contributed by atoms with Crippen LogP contribution in [0.4, 0.5) is 0 Å². The maximum atomic E-state index is 14.5. The van der Waals surface area contributed by atoms with Crippen LogP contribution in [0.15, 0.2) is 106 Å². The average molecular weight is 1320 g/mol. The topological polar surface area (TPSA) is 544 Å². The highest BCUT2D eigenvalue weighted by molar-refractivity contribution is 5.99. The van der Waals surface area contributed by atoms with Crippen LogP contribution in [-0.2, 0) is 72.0 Å². The molecule has 2 fully saturated rings. The van der Waals surface area contributed by atoms with Gasteiger partial charge < -0.3 is 102 Å². The van der Waals surface area contributed by atoms with Gasteiger partial charge >= 0.3 is 5.97 Å². The summed E-state index contributed by atoms with van der Waals surface area (Å²) in [6.07, 6.45) is -0.730. The Morgan fingerprint density at radius 2 is 0.916 bits per heavy atom. The van der Waals surface area contributed by atoms with Crippen molar-refractivity contribution in [3.8, 4) is 0 Å². The fourth-order valence-electron chi connectivity index (χ4n) is 10.8. The summed E-state index contributed by atoms with van der Waals surface area (Å²) in [7, 11) is 0. The van der Waals surface area contributed by atoms with Crippen LogP contribution in [0.2, 0.25) is 0 Å². The number of likely N-dealkylation sites (tertiary alicyclic amines) is 2. The van der Waals surface area contributed by atoms with Crippen molar-refractivity contribution < 1.29 is 68.1 Å². The number of benzene rings is 3. The summed E-state index contributed by atoms with van der Waals surface area (Å²) in [6.45, 7) is -0.498. The maximum absolute atomic E-state index is 14.5. The molecule has 0 spiro atoms. The summed E-state index contributed by atoms with van der Waals surface area (Å²) in [4.78, 5) is 166. The van der Waals surface area contributed by atoms with E-state index in [0.29, 0.717) is 23.1 Å². The van der Waals surface area contributed by atoms with E-state index in [1.54, 1.807) is 91.0 Å². The molecular weight excluding hydrogens is 1230 g/mol. The summed E-state index contributed by atoms with van der Waals surface area (Å²) in [5.74, 6) is -10.1. The Kier molecular flexibility index (Phi) is 30.5. The van der Waals surface area contributed by atoms with E-state index in [4.69, 9.17) is 34.4 Å². The molecule has 10 atom stereocenters. The molecule has 33 nitrogen and oxygen atoms in total. The van der Waals surface area contributed by atoms with Crippen LogP contribution < -0.4 is 76.9 Å². The van der Waals surface area contributed by atoms with E-state index in [1.807, 2.05) is 0 Å². The van der Waals surface area contributed by atoms with E-state index >= 15 is 0 Å². The lowest BCUT2D eigenvalue weighted by Gasteiger charge is -2.33. The molecule has 0 aliphatic carbocycles. The predicted molar refractivity (Wildman–Crippen MR) is 348 cm³/mol. The molecule has 0 aromatic heterocycles. The molecule has 33 heteroatoms. The van der Waals surface area contributed by atoms with Gasteiger partial charge in [-0.3, -0.25) is 62.9 Å². The Morgan fingerprint density at radius 1 is 0.516 bits per heavy atom. The lowest BCUT2D eigenvalue weighted by molar-refractivity contribution is -0.148. The number of carboxylic acids is 1. The zero-order valence-corrected chi connectivity index (χ0v) is 52.9. The standard InChI is InChI=1S/C62H89N19O14/c1-36(83)73-41(21-11-25-69-60(63)64)51(86)75-42(22-12-26-70-61(65)66)57(92)80-28-14-24-48(80)58(93)81-34-40(84)32-49(81)56(91)72-33-50(85)74-44(29-37-15-5-2-6-16-37)52(87)79-47(35-82)55(90)78-46(31-39-19-9-4-10-20-39)54(89)77-45(30-38-17-7-3-8-18-38)53(88)76-43(59(94)95)23-13-27-71-62(67)68/h2-10,15-20,40-49,82,84H,11-14,21-35H2,1H3,(H,72,91)(H,73,83)(H,74,85)(H,75,86)(H,76,88)(H,77,89)(H,78,90)(H,79,87)(H,94,95)(H4,63,64,69)(H4,65,66,70)(H4,67,68,71)/t40-,41-,42+,43+,44+,45+,46-,47+,48+,49+/m1/s1. The molecule has 3 aromatic rings. The van der Waals surface area contributed by atoms with Gasteiger partial charge in [0.05, 0.1) is 19.3 Å². The van der Waals surface area contributed by atoms with Crippen LogP contribution >= 0.6 is 0 Å². The summed E-state index contributed by atoms with van der Waals surface area (Å²) >= 11 is 0. The number of carboxylic acid groups (broad SMARTS) is 1. The molecule has 0 saturated carbocycles. The van der Waals surface area contributed by atoms with Crippen LogP contribution in [-0.4, -0.2) is 214 Å². The normalized spacial score (nSPS) is 17.1. The van der Waals surface area contributed by atoms with Gasteiger partial charge in [-0.25, -0.2) is 4.79 Å². The van der Waals surface area contributed by atoms with Gasteiger partial charge in [-0.1, -0.05) is 91.0 Å². The molecule has 5 rings (SSSR count). The molecular formula is C62H89N19O14. The number of carbonyl (C=O) groups is 11. The monoisotopic (exact) mass is 1320 g/mol. The van der Waals surface area contributed by atoms with E-state index in [9.17, 15) is 68.1 Å². The van der Waals surface area contributed by atoms with Crippen molar-refractivity contribution in [2.45, 2.75) is 144 Å². The summed E-state index contributed by atoms with van der Waals surface area (Å²) in [6, 6.07) is 13.0. The Morgan fingerprint density at radius 3 is 1.36 bits per heavy atom. The third-order valence-corrected chi connectivity index (χ3v) is 15.4. The number of aliphatic carboxylic acids is 1. The third kappa shape index (κ3) is 25.5. The number of aliphatic hydroxyl groups is 2. The van der Waals surface area contributed by atoms with Crippen LogP contribution in [0.5, 0.6) is 0 Å². The maximum Gasteiger partial charge on any atom is 0.326 e. The second kappa shape index (κ2) is 38.5. The SMILES string of the molecule is CC(=O)N[C@H](CCCN=C(N)N)C(=O)N[C@@H](CCCN=C(N)N)C(=O)N1CCC[C@H]1C(=O)N1C[C@H](O)C[C@H]1C(=O)NCC(=O)N[C@@H](Cc1ccccc1)C(=O)N[C@@H](CO)C(=O)N[C@H](Cc1ccccc1)C(=O)N[C@@H](Cc1ccccc1)C(=O)N[C@@H](CCCN=C(N)N)C(=O)O. The highest BCUT2D eigenvalue weighted by Crippen LogP contribution is 2.27. The van der Waals surface area contributed by atoms with Crippen molar-refractivity contribution in [2.24, 2.45) is 49.4 Å². The van der Waals surface area contributed by atoms with Crippen molar-refractivity contribution in [1.82, 2.24) is 52.3 Å². The van der Waals surface area contributed by atoms with E-state index < -0.39 is 139 Å². The minimum atomic E-state index is -1.76. The van der Waals surface area contributed by atoms with Gasteiger partial charge in [-0.2, -0.15) is 0 Å². The number of aliphatic imine (C=N–C) groups is 3. The number of nitrogens with two attached hydrogens (primary N) is 6. The highest BCUT2D eigenvalue weighted by Gasteiger charge is 2.46. The Hall–Kier alpha value is -10.4. The predicted octanol–water partition coefficient (Wildman–Crippen LogP) is -5.57. The third-order valence-electron chi connectivity index (χ3n) is 15.4. The zero-order valence-electron chi connectivity index (χ0n) is 52.9. The van der Waals surface area contributed by atoms with E-state index in [2.05, 4.69) is 57.5 Å². The molecule has 95 heavy (non-hydrogen) atoms. The molecule has 0 bridgehead atoms. The lowest BCUT2D eigenvalue weighted by Crippen LogP contribution is -2.60. The highest BCUT2D eigenvalue weighted by atomic mass is 16.4. The summed E-state index contributed by atoms with van der Waals surface area (Å²) in [5, 5.41) is 52.0. The summed E-state index contributed by atoms with van der Waals surface area (Å²) < 4.78 is 0. The average Bonchev–Trinajstić information content (AvgIpc) is 1.68. The van der Waals surface area contributed by atoms with Gasteiger partial charge in [0.1, 0.15) is 54.4 Å². The smallest absolute Gasteiger partial charge is 0.326 e. The first kappa shape index (κ1) is 75.3. The largest absolute Gasteiger partial charge is 0.480 e. The van der Waals surface area contributed by atoms with Crippen molar-refractivity contribution in [1.29, 1.82) is 0 Å². The van der Waals surface area contributed by atoms with E-state index in [0.717, 1.165) is 4.90 Å². The van der Waals surface area contributed by atoms with E-state index in [1.165, 1.54) is 11.8 Å². The molecule has 3 aromatic carbocycles. The van der Waals surface area contributed by atoms with Gasteiger partial charge in [-0.15, -0.1) is 0 Å². The first-order valence-corrected chi connectivity index (χ1v) is 31.1. The van der Waals surface area contributed by atoms with Crippen LogP contribution in [0.3, 0.4) is 0 Å². The Balaban J connectivity index is 1.29. The first-order chi connectivity index (χ1) is 45.3. The fourth-order valence-corrected chi connectivity index (χ4v) is 10.8. The second-order valence-electron chi connectivity index (χ2n) is 22.9. The van der Waals surface area contributed by atoms with Crippen molar-refractivity contribution in [3.05, 3.63) is 108 Å². The number of hydrogen-bond acceptors (Lipinski definition) is 16. The van der Waals surface area contributed by atoms with Crippen molar-refractivity contribution >= 4 is 82.9 Å². The molecule has 2 aliphatic heterocycles. The number of hydrogen-bond donors (Lipinski definition) is 17.